The van der Waals surface area contributed by atoms with Crippen LogP contribution in [0.25, 0.3) is 11.4 Å². The number of nitrogens with zero attached hydrogens (tertiary/aromatic N) is 3. The van der Waals surface area contributed by atoms with Crippen molar-refractivity contribution in [2.24, 2.45) is 0 Å². The van der Waals surface area contributed by atoms with E-state index in [1.165, 1.54) is 13.3 Å². The Hall–Kier alpha value is -3.48. The number of benzene rings is 2. The molecule has 4 rings (SSSR count). The number of aryl methyl sites for hydroxylation is 1. The van der Waals surface area contributed by atoms with Crippen LogP contribution in [0.2, 0.25) is 0 Å². The van der Waals surface area contributed by atoms with E-state index >= 15 is 0 Å². The predicted octanol–water partition coefficient (Wildman–Crippen LogP) is 4.06. The number of Topliss-reactive ketones (excluding diaryl/α,β-unsaturated/α-hetero) is 1. The Morgan fingerprint density at radius 2 is 1.97 bits per heavy atom. The van der Waals surface area contributed by atoms with Crippen molar-refractivity contribution >= 4 is 17.4 Å². The van der Waals surface area contributed by atoms with Gasteiger partial charge in [-0.25, -0.2) is 0 Å². The van der Waals surface area contributed by atoms with Crippen molar-refractivity contribution in [2.75, 3.05) is 12.4 Å². The molecule has 0 saturated heterocycles. The van der Waals surface area contributed by atoms with E-state index in [-0.39, 0.29) is 18.1 Å². The quantitative estimate of drug-likeness (QED) is 0.610. The van der Waals surface area contributed by atoms with Gasteiger partial charge in [0, 0.05) is 35.3 Å². The van der Waals surface area contributed by atoms with Crippen LogP contribution in [0, 0.1) is 0 Å². The molecule has 1 aliphatic rings. The molecule has 1 amide bonds. The molecule has 0 aliphatic carbocycles. The highest BCUT2D eigenvalue weighted by atomic mass is 16.5. The molecule has 0 bridgehead atoms. The summed E-state index contributed by atoms with van der Waals surface area (Å²) in [4.78, 5) is 24.4. The van der Waals surface area contributed by atoms with E-state index < -0.39 is 0 Å². The number of ketones is 1. The number of carbonyl (C=O) groups is 2. The van der Waals surface area contributed by atoms with Crippen LogP contribution < -0.4 is 10.1 Å². The largest absolute Gasteiger partial charge is 0.496 e. The molecule has 1 aromatic heterocycles. The highest BCUT2D eigenvalue weighted by Gasteiger charge is 2.17. The summed E-state index contributed by atoms with van der Waals surface area (Å²) in [6, 6.07) is 12.8. The van der Waals surface area contributed by atoms with Crippen molar-refractivity contribution in [3.63, 3.8) is 0 Å². The zero-order chi connectivity index (χ0) is 21.8. The molecular formula is C24H26N4O3. The molecule has 31 heavy (non-hydrogen) atoms. The second-order valence-corrected chi connectivity index (χ2v) is 7.79. The van der Waals surface area contributed by atoms with Crippen molar-refractivity contribution in [1.82, 2.24) is 14.8 Å². The summed E-state index contributed by atoms with van der Waals surface area (Å²) in [5, 5.41) is 11.7. The topological polar surface area (TPSA) is 86.1 Å². The van der Waals surface area contributed by atoms with Gasteiger partial charge in [-0.3, -0.25) is 9.59 Å². The van der Waals surface area contributed by atoms with Gasteiger partial charge in [-0.15, -0.1) is 10.2 Å². The summed E-state index contributed by atoms with van der Waals surface area (Å²) >= 11 is 0. The van der Waals surface area contributed by atoms with Gasteiger partial charge in [-0.2, -0.15) is 0 Å². The SMILES string of the molecule is COc1ccc(C(C)=O)cc1CC(=O)Nc1cccc(-c2nnc3n2CCCCC3)c1. The third kappa shape index (κ3) is 4.66. The second-order valence-electron chi connectivity index (χ2n) is 7.79. The molecule has 1 aliphatic heterocycles. The number of nitrogens with one attached hydrogen (secondary N) is 1. The molecule has 0 unspecified atom stereocenters. The highest BCUT2D eigenvalue weighted by molar-refractivity contribution is 5.96. The fraction of sp³-hybridized carbons (Fsp3) is 0.333. The van der Waals surface area contributed by atoms with Crippen molar-refractivity contribution in [3.8, 4) is 17.1 Å². The van der Waals surface area contributed by atoms with E-state index in [1.54, 1.807) is 25.3 Å². The summed E-state index contributed by atoms with van der Waals surface area (Å²) in [6.45, 7) is 2.42. The fourth-order valence-corrected chi connectivity index (χ4v) is 3.95. The minimum absolute atomic E-state index is 0.0514. The van der Waals surface area contributed by atoms with Crippen LogP contribution >= 0.6 is 0 Å². The van der Waals surface area contributed by atoms with Crippen LogP contribution in [0.3, 0.4) is 0 Å². The smallest absolute Gasteiger partial charge is 0.228 e. The summed E-state index contributed by atoms with van der Waals surface area (Å²) in [6.07, 6.45) is 4.52. The predicted molar refractivity (Wildman–Crippen MR) is 118 cm³/mol. The fourth-order valence-electron chi connectivity index (χ4n) is 3.95. The molecule has 0 atom stereocenters. The van der Waals surface area contributed by atoms with Gasteiger partial charge in [0.1, 0.15) is 11.6 Å². The first-order valence-corrected chi connectivity index (χ1v) is 10.6. The molecule has 160 valence electrons. The summed E-state index contributed by atoms with van der Waals surface area (Å²) in [7, 11) is 1.55. The molecule has 0 radical (unpaired) electrons. The molecule has 1 N–H and O–H groups in total. The van der Waals surface area contributed by atoms with Gasteiger partial charge in [0.25, 0.3) is 0 Å². The standard InChI is InChI=1S/C24H26N4O3/c1-16(29)17-10-11-21(31-2)19(13-17)15-23(30)25-20-8-6-7-18(14-20)24-27-26-22-9-4-3-5-12-28(22)24/h6-8,10-11,13-14H,3-5,9,12,15H2,1-2H3,(H,25,30). The third-order valence-corrected chi connectivity index (χ3v) is 5.55. The van der Waals surface area contributed by atoms with Crippen molar-refractivity contribution in [2.45, 2.75) is 45.6 Å². The van der Waals surface area contributed by atoms with Gasteiger partial charge in [0.2, 0.25) is 5.91 Å². The third-order valence-electron chi connectivity index (χ3n) is 5.55. The Balaban J connectivity index is 1.52. The number of rotatable bonds is 6. The summed E-state index contributed by atoms with van der Waals surface area (Å²) in [5.41, 5.74) is 2.84. The lowest BCUT2D eigenvalue weighted by atomic mass is 10.0. The van der Waals surface area contributed by atoms with Gasteiger partial charge in [0.15, 0.2) is 11.6 Å². The van der Waals surface area contributed by atoms with Crippen LogP contribution in [0.5, 0.6) is 5.75 Å². The number of carbonyl (C=O) groups excluding carboxylic acids is 2. The minimum atomic E-state index is -0.184. The number of amides is 1. The van der Waals surface area contributed by atoms with Gasteiger partial charge in [-0.05, 0) is 50.1 Å². The number of anilines is 1. The van der Waals surface area contributed by atoms with Crippen molar-refractivity contribution in [3.05, 3.63) is 59.4 Å². The maximum absolute atomic E-state index is 12.7. The van der Waals surface area contributed by atoms with Crippen LogP contribution in [0.4, 0.5) is 5.69 Å². The first kappa shape index (κ1) is 20.8. The number of hydrogen-bond acceptors (Lipinski definition) is 5. The lowest BCUT2D eigenvalue weighted by Crippen LogP contribution is -2.15. The Morgan fingerprint density at radius 3 is 2.77 bits per heavy atom. The van der Waals surface area contributed by atoms with Gasteiger partial charge in [-0.1, -0.05) is 18.6 Å². The normalized spacial score (nSPS) is 13.2. The monoisotopic (exact) mass is 418 g/mol. The second kappa shape index (κ2) is 9.12. The van der Waals surface area contributed by atoms with E-state index in [9.17, 15) is 9.59 Å². The average molecular weight is 418 g/mol. The molecule has 2 aromatic carbocycles. The van der Waals surface area contributed by atoms with Gasteiger partial charge >= 0.3 is 0 Å². The number of methoxy groups -OCH3 is 1. The zero-order valence-electron chi connectivity index (χ0n) is 17.9. The first-order valence-electron chi connectivity index (χ1n) is 10.6. The van der Waals surface area contributed by atoms with E-state index in [4.69, 9.17) is 4.74 Å². The maximum atomic E-state index is 12.7. The van der Waals surface area contributed by atoms with E-state index in [0.29, 0.717) is 22.6 Å². The lowest BCUT2D eigenvalue weighted by Gasteiger charge is -2.12. The van der Waals surface area contributed by atoms with Crippen LogP contribution in [0.1, 0.15) is 47.9 Å². The summed E-state index contributed by atoms with van der Waals surface area (Å²) < 4.78 is 7.54. The number of fused-ring (bicyclic) bond motifs is 1. The molecule has 0 fully saturated rings. The Kier molecular flexibility index (Phi) is 6.11. The molecule has 0 spiro atoms. The van der Waals surface area contributed by atoms with E-state index in [0.717, 1.165) is 43.0 Å². The zero-order valence-corrected chi connectivity index (χ0v) is 17.9. The van der Waals surface area contributed by atoms with Crippen LogP contribution in [-0.4, -0.2) is 33.6 Å². The highest BCUT2D eigenvalue weighted by Crippen LogP contribution is 2.26. The number of aromatic nitrogens is 3. The van der Waals surface area contributed by atoms with Crippen molar-refractivity contribution in [1.29, 1.82) is 0 Å². The Morgan fingerprint density at radius 1 is 1.10 bits per heavy atom. The minimum Gasteiger partial charge on any atom is -0.496 e. The average Bonchev–Trinajstić information content (AvgIpc) is 3.02. The molecule has 7 nitrogen and oxygen atoms in total. The Bertz CT molecular complexity index is 1120. The van der Waals surface area contributed by atoms with E-state index in [2.05, 4.69) is 20.1 Å². The number of hydrogen-bond donors (Lipinski definition) is 1. The van der Waals surface area contributed by atoms with E-state index in [1.807, 2.05) is 24.3 Å². The molecule has 0 saturated carbocycles. The summed E-state index contributed by atoms with van der Waals surface area (Å²) in [5.74, 6) is 2.21. The molecule has 7 heteroatoms. The Labute approximate surface area is 181 Å². The maximum Gasteiger partial charge on any atom is 0.228 e. The molecule has 2 heterocycles. The molecular weight excluding hydrogens is 392 g/mol. The lowest BCUT2D eigenvalue weighted by molar-refractivity contribution is -0.115. The number of ether oxygens (including phenoxy) is 1. The van der Waals surface area contributed by atoms with Gasteiger partial charge in [0.05, 0.1) is 13.5 Å². The van der Waals surface area contributed by atoms with Crippen LogP contribution in [-0.2, 0) is 24.2 Å². The molecule has 3 aromatic rings. The van der Waals surface area contributed by atoms with Gasteiger partial charge < -0.3 is 14.6 Å². The first-order chi connectivity index (χ1) is 15.0. The van der Waals surface area contributed by atoms with Crippen molar-refractivity contribution < 1.29 is 14.3 Å². The van der Waals surface area contributed by atoms with Crippen LogP contribution in [0.15, 0.2) is 42.5 Å².